The highest BCUT2D eigenvalue weighted by molar-refractivity contribution is 6.32. The van der Waals surface area contributed by atoms with Gasteiger partial charge in [-0.25, -0.2) is 0 Å². The number of amides is 2. The number of nitrogens with one attached hydrogen (secondary N) is 1. The third kappa shape index (κ3) is 4.57. The highest BCUT2D eigenvalue weighted by Gasteiger charge is 2.19. The first kappa shape index (κ1) is 17.9. The Bertz CT molecular complexity index is 644. The lowest BCUT2D eigenvalue weighted by atomic mass is 10.1. The SMILES string of the molecule is O=C(NCCC(=O)N1CCCCC1)c1cc(Cl)c2c(c1)OCCCO2. The maximum absolute atomic E-state index is 12.3. The Morgan fingerprint density at radius 3 is 2.64 bits per heavy atom. The number of halogens is 1. The number of hydrogen-bond acceptors (Lipinski definition) is 4. The van der Waals surface area contributed by atoms with Crippen molar-refractivity contribution in [2.24, 2.45) is 0 Å². The number of carbonyl (C=O) groups is 2. The molecule has 7 heteroatoms. The van der Waals surface area contributed by atoms with E-state index in [0.717, 1.165) is 32.4 Å². The monoisotopic (exact) mass is 366 g/mol. The van der Waals surface area contributed by atoms with E-state index in [-0.39, 0.29) is 11.8 Å². The summed E-state index contributed by atoms with van der Waals surface area (Å²) in [6.45, 7) is 3.02. The number of carbonyl (C=O) groups excluding carboxylic acids is 2. The first-order valence-corrected chi connectivity index (χ1v) is 9.18. The summed E-state index contributed by atoms with van der Waals surface area (Å²) in [5, 5.41) is 3.13. The first-order chi connectivity index (χ1) is 12.1. The minimum atomic E-state index is -0.274. The molecule has 6 nitrogen and oxygen atoms in total. The zero-order chi connectivity index (χ0) is 17.6. The van der Waals surface area contributed by atoms with Gasteiger partial charge in [0.15, 0.2) is 11.5 Å². The Balaban J connectivity index is 1.55. The number of likely N-dealkylation sites (tertiary alicyclic amines) is 1. The van der Waals surface area contributed by atoms with E-state index in [1.807, 2.05) is 4.90 Å². The van der Waals surface area contributed by atoms with Crippen molar-refractivity contribution in [1.82, 2.24) is 10.2 Å². The molecule has 1 fully saturated rings. The molecule has 1 N–H and O–H groups in total. The number of ether oxygens (including phenoxy) is 2. The minimum Gasteiger partial charge on any atom is -0.489 e. The van der Waals surface area contributed by atoms with Crippen molar-refractivity contribution in [3.8, 4) is 11.5 Å². The largest absolute Gasteiger partial charge is 0.489 e. The van der Waals surface area contributed by atoms with E-state index in [1.54, 1.807) is 12.1 Å². The molecular formula is C18H23ClN2O4. The molecule has 1 saturated heterocycles. The Morgan fingerprint density at radius 1 is 1.08 bits per heavy atom. The summed E-state index contributed by atoms with van der Waals surface area (Å²) in [7, 11) is 0. The summed E-state index contributed by atoms with van der Waals surface area (Å²) in [6.07, 6.45) is 4.39. The van der Waals surface area contributed by atoms with E-state index in [9.17, 15) is 9.59 Å². The Kier molecular flexibility index (Phi) is 6.02. The van der Waals surface area contributed by atoms with Crippen LogP contribution in [0.4, 0.5) is 0 Å². The lowest BCUT2D eigenvalue weighted by Gasteiger charge is -2.26. The van der Waals surface area contributed by atoms with Crippen molar-refractivity contribution in [3.05, 3.63) is 22.7 Å². The van der Waals surface area contributed by atoms with E-state index < -0.39 is 0 Å². The molecule has 1 aromatic carbocycles. The standard InChI is InChI=1S/C18H23ClN2O4/c19-14-11-13(12-15-17(14)25-10-4-9-24-15)18(23)20-6-5-16(22)21-7-2-1-3-8-21/h11-12H,1-10H2,(H,20,23). The van der Waals surface area contributed by atoms with Crippen LogP contribution in [0.3, 0.4) is 0 Å². The molecular weight excluding hydrogens is 344 g/mol. The van der Waals surface area contributed by atoms with Gasteiger partial charge in [-0.3, -0.25) is 9.59 Å². The van der Waals surface area contributed by atoms with Gasteiger partial charge >= 0.3 is 0 Å². The highest BCUT2D eigenvalue weighted by atomic mass is 35.5. The van der Waals surface area contributed by atoms with E-state index in [4.69, 9.17) is 21.1 Å². The molecule has 2 amide bonds. The molecule has 3 rings (SSSR count). The van der Waals surface area contributed by atoms with E-state index in [0.29, 0.717) is 48.3 Å². The molecule has 0 aromatic heterocycles. The number of benzene rings is 1. The maximum Gasteiger partial charge on any atom is 0.251 e. The van der Waals surface area contributed by atoms with Crippen LogP contribution in [0.2, 0.25) is 5.02 Å². The molecule has 2 heterocycles. The van der Waals surface area contributed by atoms with Gasteiger partial charge in [0.05, 0.1) is 18.2 Å². The van der Waals surface area contributed by atoms with Gasteiger partial charge in [0.25, 0.3) is 5.91 Å². The second-order valence-electron chi connectivity index (χ2n) is 6.28. The van der Waals surface area contributed by atoms with Crippen molar-refractivity contribution in [3.63, 3.8) is 0 Å². The average Bonchev–Trinajstić information content (AvgIpc) is 2.88. The van der Waals surface area contributed by atoms with E-state index in [2.05, 4.69) is 5.32 Å². The van der Waals surface area contributed by atoms with Gasteiger partial charge in [0.2, 0.25) is 5.91 Å². The molecule has 0 aliphatic carbocycles. The van der Waals surface area contributed by atoms with Crippen LogP contribution < -0.4 is 14.8 Å². The van der Waals surface area contributed by atoms with Gasteiger partial charge in [-0.2, -0.15) is 0 Å². The number of piperidine rings is 1. The lowest BCUT2D eigenvalue weighted by molar-refractivity contribution is -0.131. The van der Waals surface area contributed by atoms with Crippen LogP contribution in [0.5, 0.6) is 11.5 Å². The number of rotatable bonds is 4. The number of fused-ring (bicyclic) bond motifs is 1. The normalized spacial score (nSPS) is 16.9. The second-order valence-corrected chi connectivity index (χ2v) is 6.69. The van der Waals surface area contributed by atoms with Gasteiger partial charge < -0.3 is 19.7 Å². The van der Waals surface area contributed by atoms with Crippen molar-refractivity contribution in [2.75, 3.05) is 32.8 Å². The quantitative estimate of drug-likeness (QED) is 0.889. The van der Waals surface area contributed by atoms with Crippen LogP contribution in [0.1, 0.15) is 42.5 Å². The molecule has 0 unspecified atom stereocenters. The van der Waals surface area contributed by atoms with Crippen molar-refractivity contribution >= 4 is 23.4 Å². The molecule has 0 saturated carbocycles. The van der Waals surface area contributed by atoms with Crippen molar-refractivity contribution in [1.29, 1.82) is 0 Å². The second kappa shape index (κ2) is 8.43. The summed E-state index contributed by atoms with van der Waals surface area (Å²) in [5.74, 6) is 0.788. The molecule has 1 aromatic rings. The number of hydrogen-bond donors (Lipinski definition) is 1. The van der Waals surface area contributed by atoms with Crippen LogP contribution in [-0.2, 0) is 4.79 Å². The van der Waals surface area contributed by atoms with Crippen LogP contribution in [-0.4, -0.2) is 49.6 Å². The van der Waals surface area contributed by atoms with Gasteiger partial charge in [-0.15, -0.1) is 0 Å². The predicted molar refractivity (Wildman–Crippen MR) is 94.4 cm³/mol. The zero-order valence-electron chi connectivity index (χ0n) is 14.2. The Hall–Kier alpha value is -1.95. The van der Waals surface area contributed by atoms with E-state index in [1.165, 1.54) is 6.42 Å². The molecule has 0 atom stereocenters. The summed E-state index contributed by atoms with van der Waals surface area (Å²) >= 11 is 6.20. The fraction of sp³-hybridized carbons (Fsp3) is 0.556. The fourth-order valence-electron chi connectivity index (χ4n) is 3.05. The Labute approximate surface area is 152 Å². The van der Waals surface area contributed by atoms with E-state index >= 15 is 0 Å². The highest BCUT2D eigenvalue weighted by Crippen LogP contribution is 2.37. The van der Waals surface area contributed by atoms with Crippen LogP contribution >= 0.6 is 11.6 Å². The summed E-state index contributed by atoms with van der Waals surface area (Å²) in [6, 6.07) is 3.20. The molecule has 2 aliphatic heterocycles. The smallest absolute Gasteiger partial charge is 0.251 e. The third-order valence-corrected chi connectivity index (χ3v) is 4.68. The fourth-order valence-corrected chi connectivity index (χ4v) is 3.31. The van der Waals surface area contributed by atoms with Gasteiger partial charge in [0.1, 0.15) is 0 Å². The predicted octanol–water partition coefficient (Wildman–Crippen LogP) is 2.63. The lowest BCUT2D eigenvalue weighted by Crippen LogP contribution is -2.37. The molecule has 0 spiro atoms. The molecule has 136 valence electrons. The van der Waals surface area contributed by atoms with Crippen molar-refractivity contribution in [2.45, 2.75) is 32.1 Å². The maximum atomic E-state index is 12.3. The van der Waals surface area contributed by atoms with Crippen molar-refractivity contribution < 1.29 is 19.1 Å². The third-order valence-electron chi connectivity index (χ3n) is 4.40. The zero-order valence-corrected chi connectivity index (χ0v) is 14.9. The van der Waals surface area contributed by atoms with Gasteiger partial charge in [-0.1, -0.05) is 11.6 Å². The van der Waals surface area contributed by atoms with Gasteiger partial charge in [-0.05, 0) is 31.4 Å². The summed E-state index contributed by atoms with van der Waals surface area (Å²) in [4.78, 5) is 26.3. The van der Waals surface area contributed by atoms with Gasteiger partial charge in [0, 0.05) is 38.0 Å². The number of nitrogens with zero attached hydrogens (tertiary/aromatic N) is 1. The minimum absolute atomic E-state index is 0.0942. The topological polar surface area (TPSA) is 67.9 Å². The van der Waals surface area contributed by atoms with Crippen LogP contribution in [0.15, 0.2) is 12.1 Å². The van der Waals surface area contributed by atoms with Crippen LogP contribution in [0, 0.1) is 0 Å². The average molecular weight is 367 g/mol. The molecule has 0 bridgehead atoms. The van der Waals surface area contributed by atoms with Crippen LogP contribution in [0.25, 0.3) is 0 Å². The molecule has 2 aliphatic rings. The molecule has 25 heavy (non-hydrogen) atoms. The summed E-state index contributed by atoms with van der Waals surface area (Å²) < 4.78 is 11.1. The molecule has 0 radical (unpaired) electrons. The Morgan fingerprint density at radius 2 is 1.84 bits per heavy atom. The summed E-state index contributed by atoms with van der Waals surface area (Å²) in [5.41, 5.74) is 0.402. The first-order valence-electron chi connectivity index (χ1n) is 8.80.